The molecule has 3 N–H and O–H groups in total. The minimum Gasteiger partial charge on any atom is -0.503 e. The standard InChI is InChI=1S/C15H22ClNO2/c1-10-8-11(19-2)14(18)13(16)12(10)15(9-17)6-4-3-5-7-15/h8,18H,3-7,9,17H2,1-2H3. The summed E-state index contributed by atoms with van der Waals surface area (Å²) in [5.74, 6) is 0.456. The Labute approximate surface area is 119 Å². The van der Waals surface area contributed by atoms with E-state index in [0.717, 1.165) is 24.0 Å². The fraction of sp³-hybridized carbons (Fsp3) is 0.600. The molecular weight excluding hydrogens is 262 g/mol. The van der Waals surface area contributed by atoms with E-state index in [4.69, 9.17) is 22.1 Å². The van der Waals surface area contributed by atoms with Crippen LogP contribution < -0.4 is 10.5 Å². The van der Waals surface area contributed by atoms with Crippen molar-refractivity contribution in [3.63, 3.8) is 0 Å². The van der Waals surface area contributed by atoms with Crippen LogP contribution in [0.3, 0.4) is 0 Å². The fourth-order valence-electron chi connectivity index (χ4n) is 3.33. The molecule has 0 radical (unpaired) electrons. The van der Waals surface area contributed by atoms with Crippen LogP contribution in [0.2, 0.25) is 5.02 Å². The van der Waals surface area contributed by atoms with E-state index in [2.05, 4.69) is 0 Å². The monoisotopic (exact) mass is 283 g/mol. The molecule has 0 aromatic heterocycles. The van der Waals surface area contributed by atoms with Crippen molar-refractivity contribution in [1.82, 2.24) is 0 Å². The van der Waals surface area contributed by atoms with Gasteiger partial charge in [0.05, 0.1) is 12.1 Å². The SMILES string of the molecule is COc1cc(C)c(C2(CN)CCCCC2)c(Cl)c1O. The van der Waals surface area contributed by atoms with Crippen molar-refractivity contribution in [1.29, 1.82) is 0 Å². The topological polar surface area (TPSA) is 55.5 Å². The molecule has 0 saturated heterocycles. The molecule has 2 rings (SSSR count). The Kier molecular flexibility index (Phi) is 4.26. The highest BCUT2D eigenvalue weighted by Gasteiger charge is 2.36. The zero-order chi connectivity index (χ0) is 14.0. The van der Waals surface area contributed by atoms with Gasteiger partial charge in [-0.3, -0.25) is 0 Å². The molecule has 3 nitrogen and oxygen atoms in total. The molecule has 1 aromatic rings. The predicted molar refractivity (Wildman–Crippen MR) is 78.2 cm³/mol. The number of benzene rings is 1. The molecule has 19 heavy (non-hydrogen) atoms. The van der Waals surface area contributed by atoms with E-state index in [1.54, 1.807) is 0 Å². The Balaban J connectivity index is 2.57. The lowest BCUT2D eigenvalue weighted by Crippen LogP contribution is -2.38. The highest BCUT2D eigenvalue weighted by molar-refractivity contribution is 6.33. The summed E-state index contributed by atoms with van der Waals surface area (Å²) in [7, 11) is 1.53. The van der Waals surface area contributed by atoms with Crippen LogP contribution in [0.5, 0.6) is 11.5 Å². The summed E-state index contributed by atoms with van der Waals surface area (Å²) in [6.07, 6.45) is 5.66. The molecule has 1 fully saturated rings. The van der Waals surface area contributed by atoms with Crippen molar-refractivity contribution < 1.29 is 9.84 Å². The number of aromatic hydroxyl groups is 1. The fourth-order valence-corrected chi connectivity index (χ4v) is 3.77. The second-order valence-electron chi connectivity index (χ2n) is 5.48. The van der Waals surface area contributed by atoms with Crippen LogP contribution in [-0.2, 0) is 5.41 Å². The number of halogens is 1. The average Bonchev–Trinajstić information content (AvgIpc) is 2.44. The minimum absolute atomic E-state index is 0.0307. The van der Waals surface area contributed by atoms with Gasteiger partial charge in [0, 0.05) is 12.0 Å². The zero-order valence-electron chi connectivity index (χ0n) is 11.6. The Bertz CT molecular complexity index is 468. The molecule has 0 aliphatic heterocycles. The first-order chi connectivity index (χ1) is 9.05. The third-order valence-electron chi connectivity index (χ3n) is 4.35. The number of ether oxygens (including phenoxy) is 1. The van der Waals surface area contributed by atoms with E-state index in [-0.39, 0.29) is 11.2 Å². The van der Waals surface area contributed by atoms with Crippen LogP contribution in [0, 0.1) is 6.92 Å². The van der Waals surface area contributed by atoms with E-state index in [1.807, 2.05) is 13.0 Å². The summed E-state index contributed by atoms with van der Waals surface area (Å²) in [6.45, 7) is 2.58. The van der Waals surface area contributed by atoms with Gasteiger partial charge in [-0.1, -0.05) is 30.9 Å². The molecule has 4 heteroatoms. The lowest BCUT2D eigenvalue weighted by atomic mass is 9.68. The number of hydrogen-bond donors (Lipinski definition) is 2. The van der Waals surface area contributed by atoms with E-state index in [9.17, 15) is 5.11 Å². The van der Waals surface area contributed by atoms with Crippen LogP contribution in [-0.4, -0.2) is 18.8 Å². The van der Waals surface area contributed by atoms with Gasteiger partial charge >= 0.3 is 0 Å². The summed E-state index contributed by atoms with van der Waals surface area (Å²) < 4.78 is 5.15. The van der Waals surface area contributed by atoms with Gasteiger partial charge < -0.3 is 15.6 Å². The van der Waals surface area contributed by atoms with Crippen LogP contribution in [0.4, 0.5) is 0 Å². The number of rotatable bonds is 3. The third kappa shape index (κ3) is 2.41. The average molecular weight is 284 g/mol. The van der Waals surface area contributed by atoms with Gasteiger partial charge in [0.1, 0.15) is 0 Å². The highest BCUT2D eigenvalue weighted by atomic mass is 35.5. The lowest BCUT2D eigenvalue weighted by Gasteiger charge is -2.38. The first-order valence-electron chi connectivity index (χ1n) is 6.82. The molecule has 0 amide bonds. The van der Waals surface area contributed by atoms with E-state index < -0.39 is 0 Å². The molecule has 0 spiro atoms. The zero-order valence-corrected chi connectivity index (χ0v) is 12.4. The largest absolute Gasteiger partial charge is 0.503 e. The first-order valence-corrected chi connectivity index (χ1v) is 7.20. The van der Waals surface area contributed by atoms with E-state index in [1.165, 1.54) is 26.4 Å². The van der Waals surface area contributed by atoms with Gasteiger partial charge in [-0.2, -0.15) is 0 Å². The van der Waals surface area contributed by atoms with Gasteiger partial charge in [-0.05, 0) is 37.0 Å². The molecule has 1 aliphatic rings. The summed E-state index contributed by atoms with van der Waals surface area (Å²) in [6, 6.07) is 1.85. The Morgan fingerprint density at radius 3 is 2.53 bits per heavy atom. The quantitative estimate of drug-likeness (QED) is 0.892. The lowest BCUT2D eigenvalue weighted by molar-refractivity contribution is 0.297. The van der Waals surface area contributed by atoms with E-state index >= 15 is 0 Å². The van der Waals surface area contributed by atoms with Gasteiger partial charge in [-0.15, -0.1) is 0 Å². The summed E-state index contributed by atoms with van der Waals surface area (Å²) in [5, 5.41) is 10.6. The van der Waals surface area contributed by atoms with Crippen LogP contribution in [0.25, 0.3) is 0 Å². The summed E-state index contributed by atoms with van der Waals surface area (Å²) in [5.41, 5.74) is 8.02. The number of phenolic OH excluding ortho intramolecular Hbond substituents is 1. The molecule has 0 bridgehead atoms. The molecule has 0 atom stereocenters. The number of hydrogen-bond acceptors (Lipinski definition) is 3. The van der Waals surface area contributed by atoms with Crippen LogP contribution in [0.1, 0.15) is 43.2 Å². The Morgan fingerprint density at radius 1 is 1.37 bits per heavy atom. The van der Waals surface area contributed by atoms with Crippen LogP contribution in [0.15, 0.2) is 6.07 Å². The second-order valence-corrected chi connectivity index (χ2v) is 5.86. The molecular formula is C15H22ClNO2. The Hall–Kier alpha value is -0.930. The van der Waals surface area contributed by atoms with Gasteiger partial charge in [-0.25, -0.2) is 0 Å². The van der Waals surface area contributed by atoms with Gasteiger partial charge in [0.2, 0.25) is 0 Å². The highest BCUT2D eigenvalue weighted by Crippen LogP contribution is 2.48. The maximum Gasteiger partial charge on any atom is 0.177 e. The number of phenols is 1. The number of methoxy groups -OCH3 is 1. The maximum absolute atomic E-state index is 10.1. The number of nitrogens with two attached hydrogens (primary N) is 1. The Morgan fingerprint density at radius 2 is 2.00 bits per heavy atom. The second kappa shape index (κ2) is 5.59. The first kappa shape index (κ1) is 14.5. The van der Waals surface area contributed by atoms with Crippen molar-refractivity contribution in [2.24, 2.45) is 5.73 Å². The molecule has 1 aromatic carbocycles. The van der Waals surface area contributed by atoms with Crippen molar-refractivity contribution in [2.45, 2.75) is 44.4 Å². The van der Waals surface area contributed by atoms with Crippen molar-refractivity contribution in [2.75, 3.05) is 13.7 Å². The smallest absolute Gasteiger partial charge is 0.177 e. The maximum atomic E-state index is 10.1. The molecule has 0 unspecified atom stereocenters. The molecule has 1 saturated carbocycles. The molecule has 0 heterocycles. The third-order valence-corrected chi connectivity index (χ3v) is 4.72. The molecule has 106 valence electrons. The van der Waals surface area contributed by atoms with Crippen molar-refractivity contribution in [3.05, 3.63) is 22.2 Å². The van der Waals surface area contributed by atoms with Crippen molar-refractivity contribution in [3.8, 4) is 11.5 Å². The van der Waals surface area contributed by atoms with Crippen molar-refractivity contribution >= 4 is 11.6 Å². The normalized spacial score (nSPS) is 18.3. The predicted octanol–water partition coefficient (Wildman–Crippen LogP) is 3.52. The summed E-state index contributed by atoms with van der Waals surface area (Å²) in [4.78, 5) is 0. The van der Waals surface area contributed by atoms with Gasteiger partial charge in [0.15, 0.2) is 11.5 Å². The number of aryl methyl sites for hydroxylation is 1. The van der Waals surface area contributed by atoms with E-state index in [0.29, 0.717) is 17.3 Å². The summed E-state index contributed by atoms with van der Waals surface area (Å²) >= 11 is 6.40. The minimum atomic E-state index is -0.0941. The van der Waals surface area contributed by atoms with Crippen LogP contribution >= 0.6 is 11.6 Å². The van der Waals surface area contributed by atoms with Gasteiger partial charge in [0.25, 0.3) is 0 Å². The molecule has 1 aliphatic carbocycles.